The first-order valence-electron chi connectivity index (χ1n) is 8.58. The molecule has 2 heterocycles. The summed E-state index contributed by atoms with van der Waals surface area (Å²) in [5.74, 6) is 1.18. The van der Waals surface area contributed by atoms with Crippen LogP contribution in [-0.2, 0) is 16.1 Å². The van der Waals surface area contributed by atoms with Gasteiger partial charge in [-0.3, -0.25) is 4.79 Å². The first kappa shape index (κ1) is 17.9. The highest BCUT2D eigenvalue weighted by atomic mass is 16.5. The minimum atomic E-state index is -0.432. The van der Waals surface area contributed by atoms with Crippen LogP contribution in [0.2, 0.25) is 0 Å². The van der Waals surface area contributed by atoms with E-state index in [2.05, 4.69) is 29.6 Å². The molecule has 1 fully saturated rings. The third kappa shape index (κ3) is 4.32. The minimum Gasteiger partial charge on any atom is -0.384 e. The van der Waals surface area contributed by atoms with Crippen molar-refractivity contribution in [2.24, 2.45) is 5.41 Å². The Labute approximate surface area is 138 Å². The summed E-state index contributed by atoms with van der Waals surface area (Å²) in [5, 5.41) is 10.4. The van der Waals surface area contributed by atoms with E-state index in [1.807, 2.05) is 6.07 Å². The number of amides is 1. The molecular formula is C17H29N3O3. The molecule has 6 heteroatoms. The number of nitrogens with one attached hydrogen (secondary N) is 2. The van der Waals surface area contributed by atoms with Gasteiger partial charge in [-0.1, -0.05) is 19.0 Å². The van der Waals surface area contributed by atoms with Crippen LogP contribution in [0.4, 0.5) is 0 Å². The molecule has 1 amide bonds. The van der Waals surface area contributed by atoms with Crippen molar-refractivity contribution < 1.29 is 14.1 Å². The zero-order chi connectivity index (χ0) is 16.7. The van der Waals surface area contributed by atoms with Crippen molar-refractivity contribution in [3.05, 3.63) is 17.5 Å². The normalized spacial score (nSPS) is 17.4. The molecule has 23 heavy (non-hydrogen) atoms. The molecule has 1 aromatic rings. The van der Waals surface area contributed by atoms with Crippen LogP contribution in [0.5, 0.6) is 0 Å². The number of carbonyl (C=O) groups is 1. The Hall–Kier alpha value is -1.40. The molecule has 130 valence electrons. The maximum atomic E-state index is 12.7. The molecule has 0 saturated carbocycles. The number of nitrogens with zero attached hydrogens (tertiary/aromatic N) is 1. The van der Waals surface area contributed by atoms with Gasteiger partial charge in [-0.25, -0.2) is 0 Å². The molecule has 0 spiro atoms. The molecule has 0 radical (unpaired) electrons. The van der Waals surface area contributed by atoms with E-state index in [4.69, 9.17) is 9.26 Å². The van der Waals surface area contributed by atoms with Gasteiger partial charge in [0.15, 0.2) is 5.76 Å². The van der Waals surface area contributed by atoms with E-state index < -0.39 is 5.41 Å². The number of carbonyl (C=O) groups excluding carboxylic acids is 1. The second kappa shape index (κ2) is 8.45. The van der Waals surface area contributed by atoms with E-state index in [-0.39, 0.29) is 5.91 Å². The number of aromatic nitrogens is 1. The molecule has 0 atom stereocenters. The first-order valence-corrected chi connectivity index (χ1v) is 8.58. The standard InChI is InChI=1S/C17H29N3O3/c1-4-13(5-2)15-10-14(23-20-15)11-19-16(21)17(12-22-3)6-8-18-9-7-17/h10,13,18H,4-9,11-12H2,1-3H3,(H,19,21). The highest BCUT2D eigenvalue weighted by Gasteiger charge is 2.39. The largest absolute Gasteiger partial charge is 0.384 e. The van der Waals surface area contributed by atoms with Crippen molar-refractivity contribution in [1.82, 2.24) is 15.8 Å². The van der Waals surface area contributed by atoms with Gasteiger partial charge in [0.2, 0.25) is 5.91 Å². The Morgan fingerprint density at radius 1 is 1.43 bits per heavy atom. The summed E-state index contributed by atoms with van der Waals surface area (Å²) in [6.07, 6.45) is 3.67. The van der Waals surface area contributed by atoms with Crippen molar-refractivity contribution in [2.75, 3.05) is 26.8 Å². The second-order valence-electron chi connectivity index (χ2n) is 6.38. The lowest BCUT2D eigenvalue weighted by atomic mass is 9.78. The third-order valence-corrected chi connectivity index (χ3v) is 4.87. The van der Waals surface area contributed by atoms with Crippen LogP contribution in [0.1, 0.15) is 56.9 Å². The predicted octanol–water partition coefficient (Wildman–Crippen LogP) is 2.21. The quantitative estimate of drug-likeness (QED) is 0.767. The SMILES string of the molecule is CCC(CC)c1cc(CNC(=O)C2(COC)CCNCC2)on1. The van der Waals surface area contributed by atoms with Crippen molar-refractivity contribution in [3.63, 3.8) is 0 Å². The summed E-state index contributed by atoms with van der Waals surface area (Å²) < 4.78 is 10.7. The maximum absolute atomic E-state index is 12.7. The van der Waals surface area contributed by atoms with E-state index in [9.17, 15) is 4.79 Å². The minimum absolute atomic E-state index is 0.0429. The summed E-state index contributed by atoms with van der Waals surface area (Å²) >= 11 is 0. The van der Waals surface area contributed by atoms with Crippen LogP contribution in [0.25, 0.3) is 0 Å². The van der Waals surface area contributed by atoms with Crippen LogP contribution in [0.15, 0.2) is 10.6 Å². The fourth-order valence-corrected chi connectivity index (χ4v) is 3.29. The lowest BCUT2D eigenvalue weighted by Gasteiger charge is -2.35. The Morgan fingerprint density at radius 3 is 2.74 bits per heavy atom. The van der Waals surface area contributed by atoms with Crippen molar-refractivity contribution in [2.45, 2.75) is 52.0 Å². The summed E-state index contributed by atoms with van der Waals surface area (Å²) in [4.78, 5) is 12.7. The number of hydrogen-bond donors (Lipinski definition) is 2. The fourth-order valence-electron chi connectivity index (χ4n) is 3.29. The van der Waals surface area contributed by atoms with Gasteiger partial charge in [0, 0.05) is 19.1 Å². The fraction of sp³-hybridized carbons (Fsp3) is 0.765. The second-order valence-corrected chi connectivity index (χ2v) is 6.38. The van der Waals surface area contributed by atoms with Gasteiger partial charge in [0.05, 0.1) is 24.3 Å². The molecule has 1 aliphatic rings. The van der Waals surface area contributed by atoms with E-state index in [1.165, 1.54) is 0 Å². The van der Waals surface area contributed by atoms with Gasteiger partial charge in [-0.2, -0.15) is 0 Å². The van der Waals surface area contributed by atoms with Crippen LogP contribution in [0.3, 0.4) is 0 Å². The topological polar surface area (TPSA) is 76.4 Å². The molecule has 0 bridgehead atoms. The van der Waals surface area contributed by atoms with Gasteiger partial charge in [0.1, 0.15) is 0 Å². The van der Waals surface area contributed by atoms with E-state index >= 15 is 0 Å². The van der Waals surface area contributed by atoms with Gasteiger partial charge in [-0.05, 0) is 38.8 Å². The molecule has 1 aromatic heterocycles. The monoisotopic (exact) mass is 323 g/mol. The molecule has 6 nitrogen and oxygen atoms in total. The van der Waals surface area contributed by atoms with Crippen molar-refractivity contribution in [1.29, 1.82) is 0 Å². The molecule has 2 N–H and O–H groups in total. The molecular weight excluding hydrogens is 294 g/mol. The molecule has 0 unspecified atom stereocenters. The summed E-state index contributed by atoms with van der Waals surface area (Å²) in [6, 6.07) is 1.96. The number of ether oxygens (including phenoxy) is 1. The van der Waals surface area contributed by atoms with Crippen molar-refractivity contribution in [3.8, 4) is 0 Å². The number of methoxy groups -OCH3 is 1. The van der Waals surface area contributed by atoms with Crippen LogP contribution >= 0.6 is 0 Å². The number of piperidine rings is 1. The number of hydrogen-bond acceptors (Lipinski definition) is 5. The number of rotatable bonds is 8. The molecule has 0 aliphatic carbocycles. The highest BCUT2D eigenvalue weighted by molar-refractivity contribution is 5.82. The summed E-state index contributed by atoms with van der Waals surface area (Å²) in [6.45, 7) is 6.82. The molecule has 0 aromatic carbocycles. The smallest absolute Gasteiger partial charge is 0.229 e. The third-order valence-electron chi connectivity index (χ3n) is 4.87. The first-order chi connectivity index (χ1) is 11.1. The lowest BCUT2D eigenvalue weighted by Crippen LogP contribution is -2.49. The van der Waals surface area contributed by atoms with E-state index in [1.54, 1.807) is 7.11 Å². The van der Waals surface area contributed by atoms with Gasteiger partial charge in [0.25, 0.3) is 0 Å². The molecule has 2 rings (SSSR count). The average Bonchev–Trinajstić information content (AvgIpc) is 3.04. The Balaban J connectivity index is 1.95. The molecule has 1 saturated heterocycles. The lowest BCUT2D eigenvalue weighted by molar-refractivity contribution is -0.136. The van der Waals surface area contributed by atoms with E-state index in [0.29, 0.717) is 24.8 Å². The van der Waals surface area contributed by atoms with E-state index in [0.717, 1.165) is 44.5 Å². The summed E-state index contributed by atoms with van der Waals surface area (Å²) in [7, 11) is 1.65. The predicted molar refractivity (Wildman–Crippen MR) is 88.1 cm³/mol. The van der Waals surface area contributed by atoms with Crippen LogP contribution in [0, 0.1) is 5.41 Å². The average molecular weight is 323 g/mol. The molecule has 1 aliphatic heterocycles. The Kier molecular flexibility index (Phi) is 6.59. The van der Waals surface area contributed by atoms with Crippen molar-refractivity contribution >= 4 is 5.91 Å². The van der Waals surface area contributed by atoms with Gasteiger partial charge in [-0.15, -0.1) is 0 Å². The Bertz CT molecular complexity index is 486. The van der Waals surface area contributed by atoms with Crippen LogP contribution in [-0.4, -0.2) is 37.9 Å². The zero-order valence-electron chi connectivity index (χ0n) is 14.5. The Morgan fingerprint density at radius 2 is 2.13 bits per heavy atom. The summed E-state index contributed by atoms with van der Waals surface area (Å²) in [5.41, 5.74) is 0.547. The van der Waals surface area contributed by atoms with Gasteiger partial charge < -0.3 is 19.9 Å². The van der Waals surface area contributed by atoms with Crippen LogP contribution < -0.4 is 10.6 Å². The maximum Gasteiger partial charge on any atom is 0.229 e. The van der Waals surface area contributed by atoms with Gasteiger partial charge >= 0.3 is 0 Å². The highest BCUT2D eigenvalue weighted by Crippen LogP contribution is 2.29. The zero-order valence-corrected chi connectivity index (χ0v) is 14.5.